The SMILES string of the molecule is COC(=O)/C=C(\C)Cc1ccc(-c2cccnc2)cc1. The number of aromatic nitrogens is 1. The molecule has 0 saturated carbocycles. The van der Waals surface area contributed by atoms with Gasteiger partial charge in [0, 0.05) is 18.5 Å². The number of benzene rings is 1. The van der Waals surface area contributed by atoms with Gasteiger partial charge in [-0.2, -0.15) is 0 Å². The molecule has 2 aromatic rings. The van der Waals surface area contributed by atoms with E-state index >= 15 is 0 Å². The molecule has 1 aromatic carbocycles. The van der Waals surface area contributed by atoms with Gasteiger partial charge in [0.1, 0.15) is 0 Å². The van der Waals surface area contributed by atoms with Gasteiger partial charge < -0.3 is 4.74 Å². The second-order valence-electron chi connectivity index (χ2n) is 4.63. The maximum Gasteiger partial charge on any atom is 0.330 e. The quantitative estimate of drug-likeness (QED) is 0.629. The molecule has 0 N–H and O–H groups in total. The predicted molar refractivity (Wildman–Crippen MR) is 79.2 cm³/mol. The summed E-state index contributed by atoms with van der Waals surface area (Å²) >= 11 is 0. The highest BCUT2D eigenvalue weighted by molar-refractivity contribution is 5.82. The van der Waals surface area contributed by atoms with Crippen LogP contribution >= 0.6 is 0 Å². The number of esters is 1. The van der Waals surface area contributed by atoms with Gasteiger partial charge in [0.05, 0.1) is 7.11 Å². The Labute approximate surface area is 118 Å². The largest absolute Gasteiger partial charge is 0.466 e. The van der Waals surface area contributed by atoms with Crippen LogP contribution in [-0.2, 0) is 16.0 Å². The molecule has 20 heavy (non-hydrogen) atoms. The molecule has 0 aliphatic carbocycles. The van der Waals surface area contributed by atoms with Crippen molar-refractivity contribution in [1.29, 1.82) is 0 Å². The van der Waals surface area contributed by atoms with E-state index in [0.29, 0.717) is 0 Å². The van der Waals surface area contributed by atoms with E-state index in [1.807, 2.05) is 25.3 Å². The lowest BCUT2D eigenvalue weighted by Gasteiger charge is -2.05. The van der Waals surface area contributed by atoms with Crippen LogP contribution in [0.1, 0.15) is 12.5 Å². The second-order valence-corrected chi connectivity index (χ2v) is 4.63. The highest BCUT2D eigenvalue weighted by Gasteiger charge is 2.01. The maximum atomic E-state index is 11.1. The minimum Gasteiger partial charge on any atom is -0.466 e. The van der Waals surface area contributed by atoms with E-state index in [9.17, 15) is 4.79 Å². The fourth-order valence-corrected chi connectivity index (χ4v) is 1.98. The molecule has 2 rings (SSSR count). The molecule has 0 radical (unpaired) electrons. The molecular formula is C17H17NO2. The maximum absolute atomic E-state index is 11.1. The first kappa shape index (κ1) is 14.0. The number of ether oxygens (including phenoxy) is 1. The van der Waals surface area contributed by atoms with Crippen molar-refractivity contribution in [1.82, 2.24) is 4.98 Å². The van der Waals surface area contributed by atoms with Gasteiger partial charge in [-0.15, -0.1) is 0 Å². The van der Waals surface area contributed by atoms with Crippen molar-refractivity contribution in [2.45, 2.75) is 13.3 Å². The topological polar surface area (TPSA) is 39.2 Å². The monoisotopic (exact) mass is 267 g/mol. The molecule has 0 bridgehead atoms. The van der Waals surface area contributed by atoms with Crippen molar-refractivity contribution < 1.29 is 9.53 Å². The minimum absolute atomic E-state index is 0.311. The van der Waals surface area contributed by atoms with Gasteiger partial charge in [0.2, 0.25) is 0 Å². The number of rotatable bonds is 4. The molecule has 0 saturated heterocycles. The molecule has 1 heterocycles. The van der Waals surface area contributed by atoms with Gasteiger partial charge in [-0.1, -0.05) is 35.9 Å². The highest BCUT2D eigenvalue weighted by Crippen LogP contribution is 2.19. The van der Waals surface area contributed by atoms with E-state index in [2.05, 4.69) is 34.0 Å². The van der Waals surface area contributed by atoms with Crippen LogP contribution < -0.4 is 0 Å². The van der Waals surface area contributed by atoms with Crippen molar-refractivity contribution in [3.8, 4) is 11.1 Å². The number of carbonyl (C=O) groups is 1. The summed E-state index contributed by atoms with van der Waals surface area (Å²) < 4.78 is 4.61. The zero-order chi connectivity index (χ0) is 14.4. The Morgan fingerprint density at radius 3 is 2.55 bits per heavy atom. The van der Waals surface area contributed by atoms with Crippen molar-refractivity contribution in [2.75, 3.05) is 7.11 Å². The van der Waals surface area contributed by atoms with Gasteiger partial charge in [0.15, 0.2) is 0 Å². The lowest BCUT2D eigenvalue weighted by molar-refractivity contribution is -0.134. The van der Waals surface area contributed by atoms with Gasteiger partial charge in [-0.3, -0.25) is 4.98 Å². The van der Waals surface area contributed by atoms with Crippen LogP contribution in [0.15, 0.2) is 60.4 Å². The molecule has 102 valence electrons. The van der Waals surface area contributed by atoms with Crippen LogP contribution in [0.5, 0.6) is 0 Å². The van der Waals surface area contributed by atoms with Gasteiger partial charge in [-0.05, 0) is 36.1 Å². The summed E-state index contributed by atoms with van der Waals surface area (Å²) in [7, 11) is 1.38. The van der Waals surface area contributed by atoms with Crippen molar-refractivity contribution in [3.05, 3.63) is 66.0 Å². The summed E-state index contributed by atoms with van der Waals surface area (Å²) in [5.41, 5.74) is 4.37. The number of pyridine rings is 1. The average Bonchev–Trinajstić information content (AvgIpc) is 2.48. The van der Waals surface area contributed by atoms with E-state index in [1.165, 1.54) is 13.2 Å². The molecule has 1 aromatic heterocycles. The van der Waals surface area contributed by atoms with Gasteiger partial charge in [-0.25, -0.2) is 4.79 Å². The summed E-state index contributed by atoms with van der Waals surface area (Å²) in [6.45, 7) is 1.92. The second kappa shape index (κ2) is 6.66. The zero-order valence-corrected chi connectivity index (χ0v) is 11.7. The van der Waals surface area contributed by atoms with Crippen molar-refractivity contribution in [3.63, 3.8) is 0 Å². The fraction of sp³-hybridized carbons (Fsp3) is 0.176. The Kier molecular flexibility index (Phi) is 4.66. The summed E-state index contributed by atoms with van der Waals surface area (Å²) in [4.78, 5) is 15.3. The lowest BCUT2D eigenvalue weighted by atomic mass is 10.0. The van der Waals surface area contributed by atoms with E-state index < -0.39 is 0 Å². The molecule has 0 aliphatic rings. The van der Waals surface area contributed by atoms with Crippen LogP contribution in [0, 0.1) is 0 Å². The number of carbonyl (C=O) groups excluding carboxylic acids is 1. The molecule has 0 spiro atoms. The third kappa shape index (κ3) is 3.79. The molecule has 0 aliphatic heterocycles. The van der Waals surface area contributed by atoms with Crippen LogP contribution in [-0.4, -0.2) is 18.1 Å². The van der Waals surface area contributed by atoms with E-state index in [0.717, 1.165) is 28.7 Å². The van der Waals surface area contributed by atoms with Gasteiger partial charge >= 0.3 is 5.97 Å². The number of hydrogen-bond acceptors (Lipinski definition) is 3. The molecular weight excluding hydrogens is 250 g/mol. The summed E-state index contributed by atoms with van der Waals surface area (Å²) in [5, 5.41) is 0. The summed E-state index contributed by atoms with van der Waals surface area (Å²) in [6, 6.07) is 12.2. The Hall–Kier alpha value is -2.42. The number of methoxy groups -OCH3 is 1. The normalized spacial score (nSPS) is 11.2. The smallest absolute Gasteiger partial charge is 0.330 e. The molecule has 0 amide bonds. The first-order valence-electron chi connectivity index (χ1n) is 6.43. The molecule has 0 fully saturated rings. The highest BCUT2D eigenvalue weighted by atomic mass is 16.5. The van der Waals surface area contributed by atoms with Crippen LogP contribution in [0.25, 0.3) is 11.1 Å². The van der Waals surface area contributed by atoms with Crippen LogP contribution in [0.2, 0.25) is 0 Å². The Morgan fingerprint density at radius 2 is 1.95 bits per heavy atom. The summed E-state index contributed by atoms with van der Waals surface area (Å²) in [5.74, 6) is -0.311. The van der Waals surface area contributed by atoms with Crippen LogP contribution in [0.4, 0.5) is 0 Å². The molecule has 0 unspecified atom stereocenters. The molecule has 0 atom stereocenters. The number of allylic oxidation sites excluding steroid dienone is 1. The van der Waals surface area contributed by atoms with E-state index in [1.54, 1.807) is 6.20 Å². The summed E-state index contributed by atoms with van der Waals surface area (Å²) in [6.07, 6.45) is 5.87. The van der Waals surface area contributed by atoms with Crippen molar-refractivity contribution in [2.24, 2.45) is 0 Å². The Bertz CT molecular complexity index is 601. The number of nitrogens with zero attached hydrogens (tertiary/aromatic N) is 1. The average molecular weight is 267 g/mol. The third-order valence-corrected chi connectivity index (χ3v) is 3.00. The lowest BCUT2D eigenvalue weighted by Crippen LogP contribution is -1.97. The fourth-order valence-electron chi connectivity index (χ4n) is 1.98. The van der Waals surface area contributed by atoms with Gasteiger partial charge in [0.25, 0.3) is 0 Å². The van der Waals surface area contributed by atoms with E-state index in [4.69, 9.17) is 0 Å². The Balaban J connectivity index is 2.09. The zero-order valence-electron chi connectivity index (χ0n) is 11.7. The third-order valence-electron chi connectivity index (χ3n) is 3.00. The van der Waals surface area contributed by atoms with Crippen molar-refractivity contribution >= 4 is 5.97 Å². The molecule has 3 nitrogen and oxygen atoms in total. The van der Waals surface area contributed by atoms with E-state index in [-0.39, 0.29) is 5.97 Å². The first-order chi connectivity index (χ1) is 9.69. The predicted octanol–water partition coefficient (Wildman–Crippen LogP) is 3.41. The first-order valence-corrected chi connectivity index (χ1v) is 6.43. The number of hydrogen-bond donors (Lipinski definition) is 0. The van der Waals surface area contributed by atoms with Crippen LogP contribution in [0.3, 0.4) is 0 Å². The minimum atomic E-state index is -0.311. The Morgan fingerprint density at radius 1 is 1.20 bits per heavy atom. The standard InChI is InChI=1S/C17H17NO2/c1-13(11-17(19)20-2)10-14-5-7-15(8-6-14)16-4-3-9-18-12-16/h3-9,11-12H,10H2,1-2H3/b13-11+. The molecule has 3 heteroatoms.